The molecule has 133 valence electrons. The zero-order chi connectivity index (χ0) is 18.4. The van der Waals surface area contributed by atoms with Crippen LogP contribution in [0.4, 0.5) is 0 Å². The summed E-state index contributed by atoms with van der Waals surface area (Å²) in [5.74, 6) is -0.0145. The number of aromatic nitrogens is 1. The monoisotopic (exact) mass is 373 g/mol. The normalized spacial score (nSPS) is 14.3. The molecule has 1 aliphatic rings. The highest BCUT2D eigenvalue weighted by Crippen LogP contribution is 2.30. The summed E-state index contributed by atoms with van der Waals surface area (Å²) in [7, 11) is 0. The van der Waals surface area contributed by atoms with Gasteiger partial charge in [0.25, 0.3) is 11.5 Å². The molecule has 0 saturated carbocycles. The van der Waals surface area contributed by atoms with Gasteiger partial charge in [0.2, 0.25) is 0 Å². The van der Waals surface area contributed by atoms with Crippen LogP contribution >= 0.6 is 11.3 Å². The molecule has 0 spiro atoms. The molecule has 3 aromatic heterocycles. The van der Waals surface area contributed by atoms with Crippen LogP contribution in [0.5, 0.6) is 0 Å². The number of likely N-dealkylation sites (tertiary alicyclic amines) is 1. The third-order valence-electron chi connectivity index (χ3n) is 5.10. The van der Waals surface area contributed by atoms with Gasteiger partial charge in [-0.3, -0.25) is 14.0 Å². The third kappa shape index (κ3) is 2.58. The summed E-state index contributed by atoms with van der Waals surface area (Å²) in [6, 6.07) is 15.3. The quantitative estimate of drug-likeness (QED) is 0.528. The summed E-state index contributed by atoms with van der Waals surface area (Å²) in [6.45, 7) is 1.39. The number of thiophene rings is 1. The number of carbonyl (C=O) groups is 1. The van der Waals surface area contributed by atoms with Crippen molar-refractivity contribution in [3.8, 4) is 11.1 Å². The van der Waals surface area contributed by atoms with Crippen LogP contribution in [-0.4, -0.2) is 28.3 Å². The first kappa shape index (κ1) is 16.3. The van der Waals surface area contributed by atoms with E-state index in [1.165, 1.54) is 0 Å². The minimum absolute atomic E-state index is 0.0145. The van der Waals surface area contributed by atoms with Gasteiger partial charge in [0.05, 0.1) is 15.8 Å². The maximum atomic E-state index is 13.3. The lowest BCUT2D eigenvalue weighted by atomic mass is 10.0. The topological polar surface area (TPSA) is 41.8 Å². The number of amides is 1. The molecular weight excluding hydrogens is 356 g/mol. The van der Waals surface area contributed by atoms with Gasteiger partial charge in [0, 0.05) is 24.8 Å². The molecule has 1 aliphatic heterocycles. The van der Waals surface area contributed by atoms with Crippen molar-refractivity contribution in [2.75, 3.05) is 13.1 Å². The summed E-state index contributed by atoms with van der Waals surface area (Å²) >= 11 is 1.56. The largest absolute Gasteiger partial charge is 0.338 e. The van der Waals surface area contributed by atoms with E-state index in [4.69, 9.17) is 0 Å². The van der Waals surface area contributed by atoms with Gasteiger partial charge in [0.1, 0.15) is 0 Å². The van der Waals surface area contributed by atoms with Crippen molar-refractivity contribution in [2.24, 2.45) is 0 Å². The second-order valence-corrected chi connectivity index (χ2v) is 7.63. The van der Waals surface area contributed by atoms with Crippen molar-refractivity contribution in [1.82, 2.24) is 9.30 Å². The SMILES string of the molecule is O=C(c1cc(-c2ccccc2)c(=O)n2ccc3ccsc3c12)N1C[CH]CC1. The van der Waals surface area contributed by atoms with Crippen LogP contribution in [-0.2, 0) is 0 Å². The van der Waals surface area contributed by atoms with Crippen LogP contribution in [0, 0.1) is 6.42 Å². The van der Waals surface area contributed by atoms with Crippen LogP contribution in [0.1, 0.15) is 16.8 Å². The smallest absolute Gasteiger partial charge is 0.263 e. The van der Waals surface area contributed by atoms with Gasteiger partial charge in [-0.2, -0.15) is 0 Å². The molecule has 1 fully saturated rings. The molecule has 1 amide bonds. The first-order valence-corrected chi connectivity index (χ1v) is 9.84. The van der Waals surface area contributed by atoms with E-state index in [9.17, 15) is 9.59 Å². The lowest BCUT2D eigenvalue weighted by Crippen LogP contribution is -2.29. The molecule has 27 heavy (non-hydrogen) atoms. The molecule has 4 heterocycles. The minimum atomic E-state index is -0.101. The van der Waals surface area contributed by atoms with E-state index in [-0.39, 0.29) is 11.5 Å². The molecule has 1 aromatic carbocycles. The molecule has 0 atom stereocenters. The third-order valence-corrected chi connectivity index (χ3v) is 6.04. The minimum Gasteiger partial charge on any atom is -0.338 e. The Balaban J connectivity index is 1.86. The molecule has 0 aliphatic carbocycles. The second kappa shape index (κ2) is 6.35. The zero-order valence-electron chi connectivity index (χ0n) is 14.6. The van der Waals surface area contributed by atoms with E-state index >= 15 is 0 Å². The van der Waals surface area contributed by atoms with E-state index in [1.54, 1.807) is 28.0 Å². The molecule has 5 rings (SSSR count). The number of carbonyl (C=O) groups excluding carboxylic acids is 1. The summed E-state index contributed by atoms with van der Waals surface area (Å²) in [5.41, 5.74) is 2.58. The molecule has 0 unspecified atom stereocenters. The Bertz CT molecular complexity index is 1220. The van der Waals surface area contributed by atoms with E-state index in [2.05, 4.69) is 6.42 Å². The van der Waals surface area contributed by atoms with Gasteiger partial charge in [-0.25, -0.2) is 0 Å². The Hall–Kier alpha value is -2.92. The Morgan fingerprint density at radius 2 is 1.93 bits per heavy atom. The molecule has 5 heteroatoms. The average Bonchev–Trinajstić information content (AvgIpc) is 3.40. The summed E-state index contributed by atoms with van der Waals surface area (Å²) < 4.78 is 2.61. The van der Waals surface area contributed by atoms with Gasteiger partial charge >= 0.3 is 0 Å². The number of hydrogen-bond donors (Lipinski definition) is 0. The molecule has 4 nitrogen and oxygen atoms in total. The highest BCUT2D eigenvalue weighted by atomic mass is 32.1. The van der Waals surface area contributed by atoms with Crippen LogP contribution in [0.2, 0.25) is 0 Å². The maximum Gasteiger partial charge on any atom is 0.263 e. The molecular formula is C22H17N2O2S. The summed E-state index contributed by atoms with van der Waals surface area (Å²) in [5, 5.41) is 3.05. The Morgan fingerprint density at radius 1 is 1.07 bits per heavy atom. The van der Waals surface area contributed by atoms with Crippen LogP contribution in [0.3, 0.4) is 0 Å². The van der Waals surface area contributed by atoms with Crippen molar-refractivity contribution in [1.29, 1.82) is 0 Å². The fraction of sp³-hybridized carbons (Fsp3) is 0.136. The van der Waals surface area contributed by atoms with Gasteiger partial charge in [-0.05, 0) is 47.4 Å². The van der Waals surface area contributed by atoms with E-state index in [1.807, 2.05) is 52.7 Å². The van der Waals surface area contributed by atoms with Crippen molar-refractivity contribution in [3.05, 3.63) is 82.4 Å². The fourth-order valence-corrected chi connectivity index (χ4v) is 4.68. The molecule has 0 N–H and O–H groups in total. The van der Waals surface area contributed by atoms with Gasteiger partial charge in [-0.15, -0.1) is 11.3 Å². The van der Waals surface area contributed by atoms with Crippen molar-refractivity contribution >= 4 is 32.8 Å². The standard InChI is InChI=1S/C22H17N2O2S/c25-21(23-10-4-5-11-23)18-14-17(15-6-2-1-3-7-15)22(26)24-12-8-16-9-13-27-20(16)19(18)24/h1-4,6-9,12-14H,5,10-11H2. The van der Waals surface area contributed by atoms with E-state index < -0.39 is 0 Å². The summed E-state index contributed by atoms with van der Waals surface area (Å²) in [4.78, 5) is 28.4. The van der Waals surface area contributed by atoms with Crippen molar-refractivity contribution in [2.45, 2.75) is 6.42 Å². The highest BCUT2D eigenvalue weighted by Gasteiger charge is 2.24. The van der Waals surface area contributed by atoms with Crippen LogP contribution < -0.4 is 5.56 Å². The molecule has 0 bridgehead atoms. The molecule has 4 aromatic rings. The van der Waals surface area contributed by atoms with Crippen molar-refractivity contribution in [3.63, 3.8) is 0 Å². The number of benzene rings is 1. The van der Waals surface area contributed by atoms with Crippen molar-refractivity contribution < 1.29 is 4.79 Å². The first-order valence-electron chi connectivity index (χ1n) is 8.96. The maximum absolute atomic E-state index is 13.3. The molecule has 1 saturated heterocycles. The Kier molecular flexibility index (Phi) is 3.83. The number of pyridine rings is 2. The van der Waals surface area contributed by atoms with Crippen LogP contribution in [0.15, 0.2) is 64.9 Å². The van der Waals surface area contributed by atoms with E-state index in [0.717, 1.165) is 28.6 Å². The van der Waals surface area contributed by atoms with Gasteiger partial charge < -0.3 is 4.90 Å². The van der Waals surface area contributed by atoms with Crippen LogP contribution in [0.25, 0.3) is 26.7 Å². The highest BCUT2D eigenvalue weighted by molar-refractivity contribution is 7.18. The lowest BCUT2D eigenvalue weighted by Gasteiger charge is -2.18. The first-order chi connectivity index (χ1) is 13.2. The number of hydrogen-bond acceptors (Lipinski definition) is 3. The fourth-order valence-electron chi connectivity index (χ4n) is 3.74. The lowest BCUT2D eigenvalue weighted by molar-refractivity contribution is 0.0797. The Morgan fingerprint density at radius 3 is 2.70 bits per heavy atom. The predicted molar refractivity (Wildman–Crippen MR) is 109 cm³/mol. The molecule has 1 radical (unpaired) electrons. The van der Waals surface area contributed by atoms with E-state index in [0.29, 0.717) is 23.2 Å². The Labute approximate surface area is 160 Å². The number of fused-ring (bicyclic) bond motifs is 3. The zero-order valence-corrected chi connectivity index (χ0v) is 15.4. The number of nitrogens with zero attached hydrogens (tertiary/aromatic N) is 2. The average molecular weight is 373 g/mol. The predicted octanol–water partition coefficient (Wildman–Crippen LogP) is 4.23. The second-order valence-electron chi connectivity index (χ2n) is 6.71. The van der Waals surface area contributed by atoms with Gasteiger partial charge in [0.15, 0.2) is 0 Å². The van der Waals surface area contributed by atoms with Gasteiger partial charge in [-0.1, -0.05) is 30.3 Å². The summed E-state index contributed by atoms with van der Waals surface area (Å²) in [6.07, 6.45) is 4.82. The number of rotatable bonds is 2.